The lowest BCUT2D eigenvalue weighted by Gasteiger charge is -2.15. The molecular formula is C12H15F3N2O2. The van der Waals surface area contributed by atoms with Gasteiger partial charge in [-0.3, -0.25) is 4.79 Å². The topological polar surface area (TPSA) is 61.4 Å². The number of alkyl halides is 3. The molecule has 1 aromatic carbocycles. The molecule has 1 unspecified atom stereocenters. The molecule has 0 saturated heterocycles. The smallest absolute Gasteiger partial charge is 0.405 e. The van der Waals surface area contributed by atoms with Gasteiger partial charge in [0.05, 0.1) is 6.04 Å². The number of carbonyl (C=O) groups is 1. The lowest BCUT2D eigenvalue weighted by Crippen LogP contribution is -2.44. The molecule has 1 aromatic rings. The minimum absolute atomic E-state index is 0.0675. The number of nitrogens with one attached hydrogen (secondary N) is 2. The summed E-state index contributed by atoms with van der Waals surface area (Å²) in [5.74, 6) is -0.675. The van der Waals surface area contributed by atoms with Crippen molar-refractivity contribution in [3.05, 3.63) is 29.8 Å². The molecule has 0 radical (unpaired) electrons. The van der Waals surface area contributed by atoms with Gasteiger partial charge in [0, 0.05) is 12.1 Å². The van der Waals surface area contributed by atoms with Crippen LogP contribution < -0.4 is 10.6 Å². The van der Waals surface area contributed by atoms with Crippen LogP contribution in [0.25, 0.3) is 0 Å². The molecule has 1 atom stereocenters. The lowest BCUT2D eigenvalue weighted by atomic mass is 10.2. The van der Waals surface area contributed by atoms with Crippen LogP contribution in [0, 0.1) is 0 Å². The molecule has 19 heavy (non-hydrogen) atoms. The van der Waals surface area contributed by atoms with E-state index in [4.69, 9.17) is 0 Å². The average molecular weight is 276 g/mol. The molecule has 0 aliphatic rings. The van der Waals surface area contributed by atoms with Gasteiger partial charge < -0.3 is 15.7 Å². The van der Waals surface area contributed by atoms with Gasteiger partial charge in [-0.1, -0.05) is 18.2 Å². The number of phenols is 1. The fourth-order valence-corrected chi connectivity index (χ4v) is 1.36. The number of benzene rings is 1. The fourth-order valence-electron chi connectivity index (χ4n) is 1.36. The SMILES string of the molecule is CC(NCc1ccccc1O)C(=O)NCC(F)(F)F. The van der Waals surface area contributed by atoms with Crippen LogP contribution in [0.4, 0.5) is 13.2 Å². The maximum Gasteiger partial charge on any atom is 0.405 e. The quantitative estimate of drug-likeness (QED) is 0.764. The van der Waals surface area contributed by atoms with E-state index in [1.807, 2.05) is 0 Å². The summed E-state index contributed by atoms with van der Waals surface area (Å²) in [6.07, 6.45) is -4.42. The molecule has 0 aliphatic heterocycles. The summed E-state index contributed by atoms with van der Waals surface area (Å²) in [7, 11) is 0. The summed E-state index contributed by atoms with van der Waals surface area (Å²) in [4.78, 5) is 11.4. The van der Waals surface area contributed by atoms with E-state index in [-0.39, 0.29) is 12.3 Å². The highest BCUT2D eigenvalue weighted by atomic mass is 19.4. The van der Waals surface area contributed by atoms with E-state index in [2.05, 4.69) is 5.32 Å². The Kier molecular flexibility index (Phi) is 5.17. The van der Waals surface area contributed by atoms with Gasteiger partial charge in [0.15, 0.2) is 0 Å². The van der Waals surface area contributed by atoms with Crippen LogP contribution >= 0.6 is 0 Å². The van der Waals surface area contributed by atoms with Crippen molar-refractivity contribution in [3.63, 3.8) is 0 Å². The second-order valence-electron chi connectivity index (χ2n) is 4.06. The van der Waals surface area contributed by atoms with Crippen LogP contribution in [0.5, 0.6) is 5.75 Å². The minimum atomic E-state index is -4.42. The Bertz CT molecular complexity index is 435. The number of carbonyl (C=O) groups excluding carboxylic acids is 1. The highest BCUT2D eigenvalue weighted by Crippen LogP contribution is 2.15. The van der Waals surface area contributed by atoms with Gasteiger partial charge in [0.25, 0.3) is 0 Å². The van der Waals surface area contributed by atoms with Gasteiger partial charge in [-0.25, -0.2) is 0 Å². The van der Waals surface area contributed by atoms with Crippen molar-refractivity contribution in [1.82, 2.24) is 10.6 Å². The van der Waals surface area contributed by atoms with Crippen LogP contribution in [0.1, 0.15) is 12.5 Å². The normalized spacial score (nSPS) is 13.1. The van der Waals surface area contributed by atoms with Crippen LogP contribution in [0.3, 0.4) is 0 Å². The maximum absolute atomic E-state index is 11.9. The van der Waals surface area contributed by atoms with Crippen molar-refractivity contribution in [2.24, 2.45) is 0 Å². The summed E-state index contributed by atoms with van der Waals surface area (Å²) >= 11 is 0. The Balaban J connectivity index is 2.41. The Hall–Kier alpha value is -1.76. The molecule has 0 fully saturated rings. The molecule has 7 heteroatoms. The Labute approximate surface area is 108 Å². The van der Waals surface area contributed by atoms with Gasteiger partial charge in [-0.2, -0.15) is 13.2 Å². The number of phenolic OH excluding ortho intramolecular Hbond substituents is 1. The van der Waals surface area contributed by atoms with Crippen LogP contribution in [-0.4, -0.2) is 29.8 Å². The number of halogens is 3. The molecule has 0 heterocycles. The molecule has 3 N–H and O–H groups in total. The van der Waals surface area contributed by atoms with E-state index in [0.717, 1.165) is 0 Å². The van der Waals surface area contributed by atoms with Crippen molar-refractivity contribution in [3.8, 4) is 5.75 Å². The summed E-state index contributed by atoms with van der Waals surface area (Å²) < 4.78 is 35.7. The van der Waals surface area contributed by atoms with Crippen molar-refractivity contribution in [2.45, 2.75) is 25.7 Å². The summed E-state index contributed by atoms with van der Waals surface area (Å²) in [6, 6.07) is 5.72. The zero-order chi connectivity index (χ0) is 14.5. The number of hydrogen-bond donors (Lipinski definition) is 3. The molecule has 0 aliphatic carbocycles. The Morgan fingerprint density at radius 3 is 2.58 bits per heavy atom. The number of para-hydroxylation sites is 1. The monoisotopic (exact) mass is 276 g/mol. The Morgan fingerprint density at radius 2 is 2.00 bits per heavy atom. The summed E-state index contributed by atoms with van der Waals surface area (Å²) in [6.45, 7) is 0.285. The molecule has 4 nitrogen and oxygen atoms in total. The van der Waals surface area contributed by atoms with Gasteiger partial charge in [0.2, 0.25) is 5.91 Å². The summed E-state index contributed by atoms with van der Waals surface area (Å²) in [5, 5.41) is 14.0. The fraction of sp³-hybridized carbons (Fsp3) is 0.417. The van der Waals surface area contributed by atoms with E-state index in [1.165, 1.54) is 13.0 Å². The second kappa shape index (κ2) is 6.42. The first kappa shape index (κ1) is 15.3. The Morgan fingerprint density at radius 1 is 1.37 bits per heavy atom. The van der Waals surface area contributed by atoms with Gasteiger partial charge in [0.1, 0.15) is 12.3 Å². The molecule has 0 bridgehead atoms. The maximum atomic E-state index is 11.9. The van der Waals surface area contributed by atoms with E-state index in [0.29, 0.717) is 5.56 Å². The van der Waals surface area contributed by atoms with Crippen molar-refractivity contribution in [2.75, 3.05) is 6.54 Å². The third kappa shape index (κ3) is 5.60. The zero-order valence-corrected chi connectivity index (χ0v) is 10.3. The molecule has 0 saturated carbocycles. The highest BCUT2D eigenvalue weighted by Gasteiger charge is 2.28. The van der Waals surface area contributed by atoms with E-state index in [9.17, 15) is 23.1 Å². The molecule has 0 spiro atoms. The molecule has 0 aromatic heterocycles. The molecule has 1 rings (SSSR count). The highest BCUT2D eigenvalue weighted by molar-refractivity contribution is 5.81. The average Bonchev–Trinajstić information content (AvgIpc) is 2.33. The zero-order valence-electron chi connectivity index (χ0n) is 10.3. The molecule has 106 valence electrons. The predicted molar refractivity (Wildman–Crippen MR) is 63.5 cm³/mol. The van der Waals surface area contributed by atoms with Crippen molar-refractivity contribution >= 4 is 5.91 Å². The first-order chi connectivity index (χ1) is 8.79. The lowest BCUT2D eigenvalue weighted by molar-refractivity contribution is -0.139. The van der Waals surface area contributed by atoms with E-state index < -0.39 is 24.7 Å². The van der Waals surface area contributed by atoms with Gasteiger partial charge >= 0.3 is 6.18 Å². The van der Waals surface area contributed by atoms with E-state index >= 15 is 0 Å². The van der Waals surface area contributed by atoms with Crippen LogP contribution in [0.15, 0.2) is 24.3 Å². The second-order valence-corrected chi connectivity index (χ2v) is 4.06. The number of amides is 1. The first-order valence-corrected chi connectivity index (χ1v) is 5.64. The van der Waals surface area contributed by atoms with Gasteiger partial charge in [-0.05, 0) is 13.0 Å². The first-order valence-electron chi connectivity index (χ1n) is 5.64. The third-order valence-corrected chi connectivity index (χ3v) is 2.45. The molecule has 1 amide bonds. The number of hydrogen-bond acceptors (Lipinski definition) is 3. The number of aromatic hydroxyl groups is 1. The van der Waals surface area contributed by atoms with E-state index in [1.54, 1.807) is 23.5 Å². The van der Waals surface area contributed by atoms with Gasteiger partial charge in [-0.15, -0.1) is 0 Å². The minimum Gasteiger partial charge on any atom is -0.508 e. The largest absolute Gasteiger partial charge is 0.508 e. The summed E-state index contributed by atoms with van der Waals surface area (Å²) in [5.41, 5.74) is 0.568. The van der Waals surface area contributed by atoms with Crippen LogP contribution in [0.2, 0.25) is 0 Å². The standard InChI is InChI=1S/C12H15F3N2O2/c1-8(11(19)17-7-12(13,14)15)16-6-9-4-2-3-5-10(9)18/h2-5,8,16,18H,6-7H2,1H3,(H,17,19). The van der Waals surface area contributed by atoms with Crippen molar-refractivity contribution < 1.29 is 23.1 Å². The predicted octanol–water partition coefficient (Wildman–Crippen LogP) is 1.55. The molecular weight excluding hydrogens is 261 g/mol. The van der Waals surface area contributed by atoms with Crippen molar-refractivity contribution in [1.29, 1.82) is 0 Å². The number of rotatable bonds is 5. The third-order valence-electron chi connectivity index (χ3n) is 2.45. The van der Waals surface area contributed by atoms with Crippen LogP contribution in [-0.2, 0) is 11.3 Å².